The Balaban J connectivity index is 2.65. The third-order valence-corrected chi connectivity index (χ3v) is 2.33. The van der Waals surface area contributed by atoms with Crippen molar-refractivity contribution in [2.45, 2.75) is 6.18 Å². The average Bonchev–Trinajstić information content (AvgIpc) is 2.28. The summed E-state index contributed by atoms with van der Waals surface area (Å²) in [6, 6.07) is 0.883. The summed E-state index contributed by atoms with van der Waals surface area (Å²) in [6.45, 7) is 0. The molecule has 0 aliphatic carbocycles. The van der Waals surface area contributed by atoms with Crippen LogP contribution in [0.5, 0.6) is 0 Å². The van der Waals surface area contributed by atoms with Crippen LogP contribution in [0.25, 0.3) is 11.3 Å². The van der Waals surface area contributed by atoms with Crippen LogP contribution in [0.4, 0.5) is 13.2 Å². The van der Waals surface area contributed by atoms with Crippen molar-refractivity contribution in [1.29, 1.82) is 0 Å². The number of pyridine rings is 1. The first-order valence-corrected chi connectivity index (χ1v) is 4.85. The summed E-state index contributed by atoms with van der Waals surface area (Å²) in [5, 5.41) is 0.0472. The topological polar surface area (TPSA) is 38.7 Å². The third kappa shape index (κ3) is 2.36. The molecule has 0 radical (unpaired) electrons. The molecule has 3 nitrogen and oxygen atoms in total. The van der Waals surface area contributed by atoms with E-state index in [0.29, 0.717) is 0 Å². The van der Waals surface area contributed by atoms with Crippen molar-refractivity contribution < 1.29 is 13.2 Å². The van der Waals surface area contributed by atoms with Crippen molar-refractivity contribution in [3.05, 3.63) is 41.6 Å². The lowest BCUT2D eigenvalue weighted by atomic mass is 10.1. The zero-order valence-electron chi connectivity index (χ0n) is 8.24. The van der Waals surface area contributed by atoms with Crippen LogP contribution in [0, 0.1) is 0 Å². The Bertz CT molecular complexity index is 542. The third-order valence-electron chi connectivity index (χ3n) is 2.05. The fourth-order valence-electron chi connectivity index (χ4n) is 1.34. The molecule has 0 saturated carbocycles. The SMILES string of the molecule is FC(F)(F)c1ccncc1-c1ncncc1Cl. The van der Waals surface area contributed by atoms with Crippen molar-refractivity contribution in [3.63, 3.8) is 0 Å². The van der Waals surface area contributed by atoms with Crippen LogP contribution in [-0.2, 0) is 6.18 Å². The highest BCUT2D eigenvalue weighted by Crippen LogP contribution is 2.37. The van der Waals surface area contributed by atoms with Gasteiger partial charge in [-0.25, -0.2) is 9.97 Å². The summed E-state index contributed by atoms with van der Waals surface area (Å²) >= 11 is 5.76. The van der Waals surface area contributed by atoms with E-state index in [1.54, 1.807) is 0 Å². The molecule has 0 bridgehead atoms. The standard InChI is InChI=1S/C10H5ClF3N3/c11-8-4-16-5-17-9(8)6-3-15-2-1-7(6)10(12,13)14/h1-5H. The minimum atomic E-state index is -4.48. The lowest BCUT2D eigenvalue weighted by Gasteiger charge is -2.11. The molecule has 0 spiro atoms. The van der Waals surface area contributed by atoms with Crippen LogP contribution in [0.2, 0.25) is 5.02 Å². The molecule has 0 fully saturated rings. The van der Waals surface area contributed by atoms with Gasteiger partial charge in [0.1, 0.15) is 6.33 Å². The van der Waals surface area contributed by atoms with Gasteiger partial charge in [0.25, 0.3) is 0 Å². The molecule has 0 unspecified atom stereocenters. The van der Waals surface area contributed by atoms with E-state index >= 15 is 0 Å². The van der Waals surface area contributed by atoms with E-state index in [4.69, 9.17) is 11.6 Å². The Morgan fingerprint density at radius 3 is 2.53 bits per heavy atom. The molecular formula is C10H5ClF3N3. The van der Waals surface area contributed by atoms with E-state index < -0.39 is 11.7 Å². The van der Waals surface area contributed by atoms with Crippen LogP contribution in [0.3, 0.4) is 0 Å². The fourth-order valence-corrected chi connectivity index (χ4v) is 1.55. The molecule has 0 aliphatic rings. The largest absolute Gasteiger partial charge is 0.417 e. The number of alkyl halides is 3. The smallest absolute Gasteiger partial charge is 0.264 e. The summed E-state index contributed by atoms with van der Waals surface area (Å²) in [4.78, 5) is 11.0. The van der Waals surface area contributed by atoms with E-state index in [-0.39, 0.29) is 16.3 Å². The van der Waals surface area contributed by atoms with Gasteiger partial charge in [-0.05, 0) is 6.07 Å². The van der Waals surface area contributed by atoms with Gasteiger partial charge < -0.3 is 0 Å². The van der Waals surface area contributed by atoms with E-state index in [2.05, 4.69) is 15.0 Å². The van der Waals surface area contributed by atoms with Gasteiger partial charge in [0.2, 0.25) is 0 Å². The van der Waals surface area contributed by atoms with E-state index in [1.165, 1.54) is 6.20 Å². The van der Waals surface area contributed by atoms with Crippen molar-refractivity contribution in [3.8, 4) is 11.3 Å². The predicted octanol–water partition coefficient (Wildman–Crippen LogP) is 3.21. The van der Waals surface area contributed by atoms with Gasteiger partial charge in [-0.1, -0.05) is 11.6 Å². The van der Waals surface area contributed by atoms with Crippen LogP contribution >= 0.6 is 11.6 Å². The van der Waals surface area contributed by atoms with Crippen molar-refractivity contribution in [2.75, 3.05) is 0 Å². The summed E-state index contributed by atoms with van der Waals surface area (Å²) in [6.07, 6.45) is 0.0381. The lowest BCUT2D eigenvalue weighted by molar-refractivity contribution is -0.137. The quantitative estimate of drug-likeness (QED) is 0.789. The van der Waals surface area contributed by atoms with Crippen LogP contribution < -0.4 is 0 Å². The van der Waals surface area contributed by atoms with Crippen molar-refractivity contribution >= 4 is 11.6 Å². The average molecular weight is 260 g/mol. The highest BCUT2D eigenvalue weighted by atomic mass is 35.5. The minimum absolute atomic E-state index is 0.0158. The number of nitrogens with zero attached hydrogens (tertiary/aromatic N) is 3. The maximum atomic E-state index is 12.8. The van der Waals surface area contributed by atoms with E-state index in [0.717, 1.165) is 24.8 Å². The molecule has 0 amide bonds. The highest BCUT2D eigenvalue weighted by Gasteiger charge is 2.34. The molecule has 0 N–H and O–H groups in total. The van der Waals surface area contributed by atoms with Crippen molar-refractivity contribution in [1.82, 2.24) is 15.0 Å². The van der Waals surface area contributed by atoms with Crippen molar-refractivity contribution in [2.24, 2.45) is 0 Å². The van der Waals surface area contributed by atoms with Gasteiger partial charge in [-0.2, -0.15) is 13.2 Å². The highest BCUT2D eigenvalue weighted by molar-refractivity contribution is 6.32. The molecule has 0 aromatic carbocycles. The molecular weight excluding hydrogens is 255 g/mol. The molecule has 2 rings (SSSR count). The molecule has 0 atom stereocenters. The summed E-state index contributed by atoms with van der Waals surface area (Å²) in [5.41, 5.74) is -0.970. The zero-order chi connectivity index (χ0) is 12.5. The maximum Gasteiger partial charge on any atom is 0.417 e. The predicted molar refractivity (Wildman–Crippen MR) is 55.3 cm³/mol. The second-order valence-corrected chi connectivity index (χ2v) is 3.55. The molecule has 88 valence electrons. The normalized spacial score (nSPS) is 11.5. The van der Waals surface area contributed by atoms with Gasteiger partial charge in [0, 0.05) is 24.2 Å². The molecule has 2 aromatic heterocycles. The molecule has 7 heteroatoms. The Morgan fingerprint density at radius 2 is 1.88 bits per heavy atom. The molecule has 2 heterocycles. The van der Waals surface area contributed by atoms with Crippen LogP contribution in [0.1, 0.15) is 5.56 Å². The molecule has 0 saturated heterocycles. The molecule has 2 aromatic rings. The summed E-state index contributed by atoms with van der Waals surface area (Å²) < 4.78 is 38.3. The Kier molecular flexibility index (Phi) is 2.97. The van der Waals surface area contributed by atoms with Crippen LogP contribution in [0.15, 0.2) is 31.0 Å². The first kappa shape index (κ1) is 11.8. The van der Waals surface area contributed by atoms with Gasteiger partial charge in [0.05, 0.1) is 16.3 Å². The minimum Gasteiger partial charge on any atom is -0.264 e. The number of halogens is 4. The van der Waals surface area contributed by atoms with Gasteiger partial charge in [-0.15, -0.1) is 0 Å². The van der Waals surface area contributed by atoms with Gasteiger partial charge >= 0.3 is 6.18 Å². The molecule has 0 aliphatic heterocycles. The van der Waals surface area contributed by atoms with E-state index in [9.17, 15) is 13.2 Å². The number of hydrogen-bond acceptors (Lipinski definition) is 3. The number of hydrogen-bond donors (Lipinski definition) is 0. The number of aromatic nitrogens is 3. The van der Waals surface area contributed by atoms with Gasteiger partial charge in [0.15, 0.2) is 0 Å². The second-order valence-electron chi connectivity index (χ2n) is 3.14. The first-order valence-electron chi connectivity index (χ1n) is 4.47. The first-order chi connectivity index (χ1) is 8.00. The summed E-state index contributed by atoms with van der Waals surface area (Å²) in [5.74, 6) is 0. The monoisotopic (exact) mass is 259 g/mol. The maximum absolute atomic E-state index is 12.8. The zero-order valence-corrected chi connectivity index (χ0v) is 9.00. The lowest BCUT2D eigenvalue weighted by Crippen LogP contribution is -2.08. The van der Waals surface area contributed by atoms with Gasteiger partial charge in [-0.3, -0.25) is 4.98 Å². The second kappa shape index (κ2) is 4.29. The Labute approximate surface area is 99.3 Å². The van der Waals surface area contributed by atoms with E-state index in [1.807, 2.05) is 0 Å². The summed E-state index contributed by atoms with van der Waals surface area (Å²) in [7, 11) is 0. The molecule has 17 heavy (non-hydrogen) atoms. The van der Waals surface area contributed by atoms with Crippen LogP contribution in [-0.4, -0.2) is 15.0 Å². The Morgan fingerprint density at radius 1 is 1.12 bits per heavy atom. The Hall–Kier alpha value is -1.69. The fraction of sp³-hybridized carbons (Fsp3) is 0.100. The number of rotatable bonds is 1.